The lowest BCUT2D eigenvalue weighted by Gasteiger charge is -2.21. The number of ether oxygens (including phenoxy) is 3. The molecule has 0 aliphatic rings. The van der Waals surface area contributed by atoms with Crippen molar-refractivity contribution in [2.75, 3.05) is 0 Å². The number of carbonyl (C=O) groups is 3. The third-order valence-corrected chi connectivity index (χ3v) is 32.1. The number of hydrogen-bond acceptors (Lipinski definition) is 19. The zero-order chi connectivity index (χ0) is 91.0. The normalized spacial score (nSPS) is 13.1. The van der Waals surface area contributed by atoms with Gasteiger partial charge in [0.2, 0.25) is 9.84 Å². The first-order valence-electron chi connectivity index (χ1n) is 41.4. The summed E-state index contributed by atoms with van der Waals surface area (Å²) in [7, 11) is -21.1. The Kier molecular flexibility index (Phi) is 25.0. The monoisotopic (exact) mass is 1830 g/mol. The molecule has 0 saturated heterocycles. The molecule has 0 heterocycles. The second kappa shape index (κ2) is 37.7. The third kappa shape index (κ3) is 18.8. The number of rotatable bonds is 28. The van der Waals surface area contributed by atoms with Gasteiger partial charge in [-0.15, -0.1) is 0 Å². The van der Waals surface area contributed by atoms with Gasteiger partial charge in [0.25, 0.3) is 9.84 Å². The van der Waals surface area contributed by atoms with E-state index in [0.29, 0.717) is 49.9 Å². The van der Waals surface area contributed by atoms with E-state index in [1.807, 2.05) is 140 Å². The van der Waals surface area contributed by atoms with E-state index in [1.165, 1.54) is 72.8 Å². The maximum atomic E-state index is 15.7. The second-order valence-corrected chi connectivity index (χ2v) is 40.8. The number of sulfone groups is 2. The van der Waals surface area contributed by atoms with Crippen LogP contribution in [-0.2, 0) is 38.3 Å². The van der Waals surface area contributed by atoms with Crippen molar-refractivity contribution < 1.29 is 87.4 Å². The highest BCUT2D eigenvalue weighted by atomic mass is 32.2. The van der Waals surface area contributed by atoms with Crippen molar-refractivity contribution in [2.24, 2.45) is 0 Å². The molecule has 24 heteroatoms. The molecule has 19 nitrogen and oxygen atoms in total. The predicted octanol–water partition coefficient (Wildman–Crippen LogP) is 24.1. The molecule has 0 aliphatic heterocycles. The molecule has 18 rings (SSSR count). The van der Waals surface area contributed by atoms with Crippen molar-refractivity contribution in [3.05, 3.63) is 465 Å². The lowest BCUT2D eigenvalue weighted by atomic mass is 9.94. The van der Waals surface area contributed by atoms with E-state index in [1.54, 1.807) is 218 Å². The molecule has 0 saturated carbocycles. The van der Waals surface area contributed by atoms with Gasteiger partial charge in [-0.05, 0) is 265 Å². The summed E-state index contributed by atoms with van der Waals surface area (Å²) >= 11 is 0. The van der Waals surface area contributed by atoms with E-state index in [9.17, 15) is 45.6 Å². The molecule has 0 spiro atoms. The van der Waals surface area contributed by atoms with Gasteiger partial charge in [-0.3, -0.25) is 5.26 Å². The van der Waals surface area contributed by atoms with Crippen LogP contribution in [0.3, 0.4) is 0 Å². The minimum atomic E-state index is -4.81. The largest absolute Gasteiger partial charge is 0.462 e. The summed E-state index contributed by atoms with van der Waals surface area (Å²) in [6.07, 6.45) is -0.717. The van der Waals surface area contributed by atoms with Crippen molar-refractivity contribution >= 4 is 107 Å². The maximum absolute atomic E-state index is 15.7. The average molecular weight is 1830 g/mol. The molecule has 0 radical (unpaired) electrons. The van der Waals surface area contributed by atoms with E-state index in [4.69, 9.17) is 37.2 Å². The minimum absolute atomic E-state index is 0.0614. The summed E-state index contributed by atoms with van der Waals surface area (Å²) < 4.78 is 143. The predicted molar refractivity (Wildman–Crippen MR) is 512 cm³/mol. The second-order valence-electron chi connectivity index (χ2n) is 30.5. The number of fused-ring (bicyclic) bond motifs is 2. The number of esters is 2. The first-order valence-corrected chi connectivity index (χ1v) is 49.2. The molecule has 4 atom stereocenters. The zero-order valence-corrected chi connectivity index (χ0v) is 74.0. The molecule has 0 fully saturated rings. The number of carbonyl (C=O) groups excluding carboxylic acids is 3. The van der Waals surface area contributed by atoms with E-state index < -0.39 is 70.2 Å². The summed E-state index contributed by atoms with van der Waals surface area (Å²) in [6.45, 7) is 0. The van der Waals surface area contributed by atoms with E-state index in [-0.39, 0.29) is 49.0 Å². The van der Waals surface area contributed by atoms with Crippen molar-refractivity contribution in [1.82, 2.24) is 0 Å². The molecule has 0 amide bonds. The van der Waals surface area contributed by atoms with Crippen molar-refractivity contribution in [3.63, 3.8) is 0 Å². The summed E-state index contributed by atoms with van der Waals surface area (Å²) in [4.78, 5) is 44.6. The van der Waals surface area contributed by atoms with Crippen LogP contribution in [0.5, 0.6) is 40.2 Å². The molecular formula is C108H75O19P3S2. The minimum Gasteiger partial charge on any atom is -0.423 e. The van der Waals surface area contributed by atoms with Gasteiger partial charge in [-0.2, -0.15) is 0 Å². The van der Waals surface area contributed by atoms with Crippen LogP contribution >= 0.6 is 22.3 Å². The lowest BCUT2D eigenvalue weighted by molar-refractivity contribution is -0.270. The molecule has 4 unspecified atom stereocenters. The van der Waals surface area contributed by atoms with E-state index in [2.05, 4.69) is 0 Å². The highest BCUT2D eigenvalue weighted by Gasteiger charge is 2.36. The Morgan fingerprint density at radius 3 is 0.970 bits per heavy atom. The molecule has 648 valence electrons. The SMILES string of the molecule is O=C(Oc1ccc(-c2ccc(OP(=O)(Oc3ccc(-c4ccc(OC(=O)c5cccc6ccccc56)cc4)cc3)c3ccccc3)cc2)cc1)c1ccc(S(=O)(=O)c2ccc(P(=O)(c3ccccc3)c3ccc(S(=O)(=O)C(=O)Oc4ccc(-c5ccc(OP(=O)(Oc6ccc(-c7ccc(C(OO)c8cccc9ccccc89)cc7)cc6)c6ccccc6)cc5)cc4)cc3)cc2)cc1. The maximum Gasteiger partial charge on any atom is 0.462 e. The van der Waals surface area contributed by atoms with E-state index >= 15 is 4.57 Å². The van der Waals surface area contributed by atoms with Crippen LogP contribution in [0.1, 0.15) is 37.9 Å². The fourth-order valence-electron chi connectivity index (χ4n) is 15.3. The summed E-state index contributed by atoms with van der Waals surface area (Å²) in [5, 5.41) is 13.6. The van der Waals surface area contributed by atoms with E-state index in [0.717, 1.165) is 78.2 Å². The summed E-state index contributed by atoms with van der Waals surface area (Å²) in [5.41, 5.74) is 8.37. The van der Waals surface area contributed by atoms with Crippen LogP contribution in [0.15, 0.2) is 458 Å². The van der Waals surface area contributed by atoms with Gasteiger partial charge in [-0.25, -0.2) is 45.2 Å². The van der Waals surface area contributed by atoms with Gasteiger partial charge in [0.15, 0.2) is 7.14 Å². The Bertz CT molecular complexity index is 7680. The fourth-order valence-corrected chi connectivity index (χ4v) is 23.2. The van der Waals surface area contributed by atoms with Gasteiger partial charge < -0.3 is 36.9 Å². The van der Waals surface area contributed by atoms with Crippen molar-refractivity contribution in [3.8, 4) is 84.8 Å². The Labute approximate surface area is 760 Å². The quantitative estimate of drug-likeness (QED) is 0.0157. The van der Waals surface area contributed by atoms with Crippen LogP contribution in [0.4, 0.5) is 4.79 Å². The molecule has 18 aromatic rings. The summed E-state index contributed by atoms with van der Waals surface area (Å²) in [6, 6.07) is 124. The first-order chi connectivity index (χ1) is 64.1. The Balaban J connectivity index is 0.474. The fraction of sp³-hybridized carbons (Fsp3) is 0.00926. The molecule has 132 heavy (non-hydrogen) atoms. The van der Waals surface area contributed by atoms with Crippen LogP contribution < -0.4 is 58.8 Å². The highest BCUT2D eigenvalue weighted by Crippen LogP contribution is 2.51. The van der Waals surface area contributed by atoms with Gasteiger partial charge >= 0.3 is 32.4 Å². The number of hydrogen-bond donors (Lipinski definition) is 1. The third-order valence-electron chi connectivity index (χ3n) is 22.2. The Morgan fingerprint density at radius 1 is 0.265 bits per heavy atom. The van der Waals surface area contributed by atoms with Crippen LogP contribution in [0.2, 0.25) is 0 Å². The molecule has 0 aromatic heterocycles. The number of benzene rings is 18. The van der Waals surface area contributed by atoms with Crippen LogP contribution in [0, 0.1) is 0 Å². The topological polar surface area (TPSA) is 265 Å². The molecule has 0 aliphatic carbocycles. The summed E-state index contributed by atoms with van der Waals surface area (Å²) in [5.74, 6) is 0.408. The smallest absolute Gasteiger partial charge is 0.423 e. The molecule has 0 bridgehead atoms. The van der Waals surface area contributed by atoms with Crippen molar-refractivity contribution in [1.29, 1.82) is 0 Å². The molecule has 1 N–H and O–H groups in total. The zero-order valence-electron chi connectivity index (χ0n) is 69.7. The van der Waals surface area contributed by atoms with Crippen LogP contribution in [0.25, 0.3) is 66.1 Å². The van der Waals surface area contributed by atoms with Gasteiger partial charge in [0.05, 0.1) is 36.4 Å². The molecule has 18 aromatic carbocycles. The standard InChI is InChI=1S/C108H75O19P3S2/c109-106(120-86-50-34-75(35-51-86)79-42-58-90(59-43-79)125-130(115,97-24-8-3-9-25-97)126-91-60-44-80(45-61-91)76-36-52-87(53-37-76)121-107(110)104-29-15-19-83-17-11-13-27-102(83)104)85-48-68-98(69-49-85)131(116,117)99-70-64-94(65-71-99)128(113,93-20-4-1-5-21-93)95-66-72-100(73-67-95)132(118,119)108(111)122-88-54-38-77(39-55-88)81-46-62-92(63-47-81)127-129(114,96-22-6-2-7-23-96)124-89-56-40-78(41-57-89)74-30-32-84(33-31-74)105(123-112)103-28-14-18-82-16-10-12-26-101(82)103/h1-73,105,112H. The molecular weight excluding hydrogens is 1760 g/mol. The lowest BCUT2D eigenvalue weighted by Crippen LogP contribution is -2.26. The highest BCUT2D eigenvalue weighted by molar-refractivity contribution is 8.05. The average Bonchev–Trinajstić information content (AvgIpc) is 0.751. The Hall–Kier alpha value is -15.4. The van der Waals surface area contributed by atoms with Gasteiger partial charge in [-0.1, -0.05) is 255 Å². The Morgan fingerprint density at radius 2 is 0.568 bits per heavy atom. The van der Waals surface area contributed by atoms with Crippen molar-refractivity contribution in [2.45, 2.75) is 20.8 Å². The first kappa shape index (κ1) is 87.3. The van der Waals surface area contributed by atoms with Crippen LogP contribution in [-0.4, -0.2) is 39.3 Å². The van der Waals surface area contributed by atoms with Gasteiger partial charge in [0.1, 0.15) is 46.4 Å². The van der Waals surface area contributed by atoms with Gasteiger partial charge in [0, 0.05) is 15.9 Å².